The fourth-order valence-corrected chi connectivity index (χ4v) is 8.95. The van der Waals surface area contributed by atoms with Gasteiger partial charge in [-0.25, -0.2) is 18.2 Å². The van der Waals surface area contributed by atoms with Crippen LogP contribution in [0.5, 0.6) is 5.75 Å². The van der Waals surface area contributed by atoms with Crippen LogP contribution < -0.4 is 10.1 Å². The van der Waals surface area contributed by atoms with Crippen LogP contribution in [0, 0.1) is 0 Å². The molecule has 57 heavy (non-hydrogen) atoms. The number of carboxylic acids is 1. The van der Waals surface area contributed by atoms with E-state index in [1.165, 1.54) is 111 Å². The van der Waals surface area contributed by atoms with Crippen LogP contribution in [0.1, 0.15) is 172 Å². The fourth-order valence-electron chi connectivity index (χ4n) is 7.33. The van der Waals surface area contributed by atoms with E-state index in [0.29, 0.717) is 24.5 Å². The van der Waals surface area contributed by atoms with Crippen molar-refractivity contribution < 1.29 is 27.9 Å². The van der Waals surface area contributed by atoms with E-state index in [0.717, 1.165) is 51.1 Å². The average molecular weight is 806 g/mol. The van der Waals surface area contributed by atoms with Gasteiger partial charge in [-0.2, -0.15) is 5.10 Å². The van der Waals surface area contributed by atoms with Crippen molar-refractivity contribution in [2.24, 2.45) is 4.99 Å². The molecule has 3 aromatic rings. The summed E-state index contributed by atoms with van der Waals surface area (Å²) in [6.07, 6.45) is 28.2. The number of carbonyl (C=O) groups is 2. The Labute approximate surface area is 341 Å². The summed E-state index contributed by atoms with van der Waals surface area (Å²) in [5, 5.41) is 16.9. The van der Waals surface area contributed by atoms with Crippen molar-refractivity contribution in [3.8, 4) is 5.75 Å². The lowest BCUT2D eigenvalue weighted by atomic mass is 10.0. The number of para-hydroxylation sites is 3. The summed E-state index contributed by atoms with van der Waals surface area (Å²) in [7, 11) is -4.11. The smallest absolute Gasteiger partial charge is 0.338 e. The first-order chi connectivity index (χ1) is 27.8. The number of fused-ring (bicyclic) bond motifs is 1. The molecule has 1 atom stereocenters. The van der Waals surface area contributed by atoms with Crippen molar-refractivity contribution in [3.63, 3.8) is 0 Å². The van der Waals surface area contributed by atoms with Crippen LogP contribution in [0.2, 0.25) is 0 Å². The molecule has 4 rings (SSSR count). The lowest BCUT2D eigenvalue weighted by Gasteiger charge is -2.33. The number of hydrogen-bond acceptors (Lipinski definition) is 7. The third kappa shape index (κ3) is 14.6. The number of rotatable bonds is 30. The standard InChI is InChI=1S/C45H67N5O6S/c1-3-5-7-9-11-12-13-14-15-16-17-18-19-20-21-27-33-50-43(47-39-30-24-26-32-41(39)57(50,54)55)42(49-36-37(35-46-49)45(52)53)44(51)48-38-29-23-25-31-40(38)56-34-28-22-10-8-6-4-2/h23-26,29-32,35-36,42H,3-22,27-28,33-34H2,1-2H3,(H,48,51)(H,52,53). The number of amidine groups is 1. The minimum atomic E-state index is -4.11. The molecule has 12 heteroatoms. The summed E-state index contributed by atoms with van der Waals surface area (Å²) < 4.78 is 37.1. The number of aromatic nitrogens is 2. The number of nitrogens with one attached hydrogen (secondary N) is 1. The average Bonchev–Trinajstić information content (AvgIpc) is 3.69. The van der Waals surface area contributed by atoms with Crippen LogP contribution in [-0.2, 0) is 14.8 Å². The summed E-state index contributed by atoms with van der Waals surface area (Å²) in [6.45, 7) is 5.04. The van der Waals surface area contributed by atoms with Gasteiger partial charge in [0, 0.05) is 12.7 Å². The minimum absolute atomic E-state index is 0.0438. The Bertz CT molecular complexity index is 1790. The summed E-state index contributed by atoms with van der Waals surface area (Å²) >= 11 is 0. The molecule has 0 aliphatic carbocycles. The molecule has 2 aromatic carbocycles. The molecular weight excluding hydrogens is 739 g/mol. The molecule has 1 aliphatic heterocycles. The van der Waals surface area contributed by atoms with Gasteiger partial charge in [-0.05, 0) is 37.1 Å². The number of hydrogen-bond donors (Lipinski definition) is 2. The molecule has 0 spiro atoms. The van der Waals surface area contributed by atoms with Gasteiger partial charge < -0.3 is 15.2 Å². The van der Waals surface area contributed by atoms with Gasteiger partial charge in [0.05, 0.1) is 29.7 Å². The van der Waals surface area contributed by atoms with E-state index in [4.69, 9.17) is 9.73 Å². The van der Waals surface area contributed by atoms with E-state index >= 15 is 0 Å². The van der Waals surface area contributed by atoms with Gasteiger partial charge in [0.25, 0.3) is 15.9 Å². The molecule has 0 radical (unpaired) electrons. The number of anilines is 1. The molecule has 2 N–H and O–H groups in total. The van der Waals surface area contributed by atoms with E-state index in [-0.39, 0.29) is 28.5 Å². The topological polar surface area (TPSA) is 143 Å². The molecule has 0 saturated heterocycles. The predicted octanol–water partition coefficient (Wildman–Crippen LogP) is 11.5. The van der Waals surface area contributed by atoms with Gasteiger partial charge in [-0.15, -0.1) is 0 Å². The normalized spacial score (nSPS) is 13.9. The second-order valence-electron chi connectivity index (χ2n) is 15.3. The van der Waals surface area contributed by atoms with Crippen molar-refractivity contribution in [3.05, 3.63) is 66.5 Å². The number of ether oxygens (including phenoxy) is 1. The molecule has 2 heterocycles. The second kappa shape index (κ2) is 25.2. The first kappa shape index (κ1) is 45.5. The number of unbranched alkanes of at least 4 members (excludes halogenated alkanes) is 20. The predicted molar refractivity (Wildman–Crippen MR) is 229 cm³/mol. The molecule has 1 aromatic heterocycles. The van der Waals surface area contributed by atoms with Gasteiger partial charge in [0.1, 0.15) is 10.6 Å². The molecule has 0 saturated carbocycles. The zero-order chi connectivity index (χ0) is 40.7. The molecule has 1 unspecified atom stereocenters. The van der Waals surface area contributed by atoms with E-state index < -0.39 is 27.9 Å². The zero-order valence-electron chi connectivity index (χ0n) is 34.5. The van der Waals surface area contributed by atoms with Crippen LogP contribution in [0.3, 0.4) is 0 Å². The molecule has 11 nitrogen and oxygen atoms in total. The van der Waals surface area contributed by atoms with Gasteiger partial charge >= 0.3 is 5.97 Å². The lowest BCUT2D eigenvalue weighted by molar-refractivity contribution is -0.117. The summed E-state index contributed by atoms with van der Waals surface area (Å²) in [4.78, 5) is 31.2. The minimum Gasteiger partial charge on any atom is -0.491 e. The monoisotopic (exact) mass is 805 g/mol. The first-order valence-corrected chi connectivity index (χ1v) is 23.2. The number of nitrogens with zero attached hydrogens (tertiary/aromatic N) is 4. The highest BCUT2D eigenvalue weighted by Gasteiger charge is 2.41. The highest BCUT2D eigenvalue weighted by molar-refractivity contribution is 7.90. The van der Waals surface area contributed by atoms with E-state index in [9.17, 15) is 23.1 Å². The third-order valence-corrected chi connectivity index (χ3v) is 12.5. The Morgan fingerprint density at radius 3 is 1.82 bits per heavy atom. The largest absolute Gasteiger partial charge is 0.491 e. The van der Waals surface area contributed by atoms with Gasteiger partial charge in [-0.3, -0.25) is 13.8 Å². The van der Waals surface area contributed by atoms with Crippen molar-refractivity contribution >= 4 is 39.1 Å². The van der Waals surface area contributed by atoms with Gasteiger partial charge in [-0.1, -0.05) is 167 Å². The SMILES string of the molecule is CCCCCCCCCCCCCCCCCCN1C(C(C(=O)Nc2ccccc2OCCCCCCCC)n2cc(C(=O)O)cn2)=Nc2ccccc2S1(=O)=O. The summed E-state index contributed by atoms with van der Waals surface area (Å²) in [5.41, 5.74) is 0.481. The van der Waals surface area contributed by atoms with E-state index in [1.807, 2.05) is 6.07 Å². The number of aromatic carboxylic acids is 1. The van der Waals surface area contributed by atoms with Crippen LogP contribution in [0.15, 0.2) is 70.8 Å². The summed E-state index contributed by atoms with van der Waals surface area (Å²) in [5.74, 6) is -1.41. The molecular formula is C45H67N5O6S. The first-order valence-electron chi connectivity index (χ1n) is 21.8. The maximum Gasteiger partial charge on any atom is 0.338 e. The van der Waals surface area contributed by atoms with Crippen molar-refractivity contribution in [2.45, 2.75) is 166 Å². The van der Waals surface area contributed by atoms with E-state index in [1.54, 1.807) is 36.4 Å². The third-order valence-electron chi connectivity index (χ3n) is 10.6. The number of benzene rings is 2. The Hall–Kier alpha value is -4.19. The molecule has 0 fully saturated rings. The van der Waals surface area contributed by atoms with Crippen LogP contribution in [0.25, 0.3) is 0 Å². The lowest BCUT2D eigenvalue weighted by Crippen LogP contribution is -2.47. The number of aliphatic imine (C=N–C) groups is 1. The van der Waals surface area contributed by atoms with Gasteiger partial charge in [0.2, 0.25) is 0 Å². The quantitative estimate of drug-likeness (QED) is 0.0638. The van der Waals surface area contributed by atoms with Crippen molar-refractivity contribution in [1.29, 1.82) is 0 Å². The zero-order valence-corrected chi connectivity index (χ0v) is 35.3. The fraction of sp³-hybridized carbons (Fsp3) is 0.600. The maximum absolute atomic E-state index is 14.4. The number of sulfonamides is 1. The van der Waals surface area contributed by atoms with Crippen molar-refractivity contribution in [1.82, 2.24) is 14.1 Å². The second-order valence-corrected chi connectivity index (χ2v) is 17.2. The van der Waals surface area contributed by atoms with Crippen LogP contribution in [-0.4, -0.2) is 58.5 Å². The number of carboxylic acid groups (broad SMARTS) is 1. The molecule has 0 bridgehead atoms. The molecule has 1 amide bonds. The molecule has 1 aliphatic rings. The Balaban J connectivity index is 1.42. The van der Waals surface area contributed by atoms with Gasteiger partial charge in [0.15, 0.2) is 11.9 Å². The number of amides is 1. The Morgan fingerprint density at radius 2 is 1.25 bits per heavy atom. The highest BCUT2D eigenvalue weighted by atomic mass is 32.2. The number of carbonyl (C=O) groups excluding carboxylic acids is 1. The Kier molecular flexibility index (Phi) is 20.1. The maximum atomic E-state index is 14.4. The van der Waals surface area contributed by atoms with Crippen LogP contribution in [0.4, 0.5) is 11.4 Å². The van der Waals surface area contributed by atoms with Crippen LogP contribution >= 0.6 is 0 Å². The highest BCUT2D eigenvalue weighted by Crippen LogP contribution is 2.36. The van der Waals surface area contributed by atoms with E-state index in [2.05, 4.69) is 24.3 Å². The summed E-state index contributed by atoms with van der Waals surface area (Å²) in [6, 6.07) is 12.2. The molecule has 314 valence electrons. The van der Waals surface area contributed by atoms with Crippen molar-refractivity contribution in [2.75, 3.05) is 18.5 Å². The Morgan fingerprint density at radius 1 is 0.719 bits per heavy atom.